The quantitative estimate of drug-likeness (QED) is 0.689. The van der Waals surface area contributed by atoms with Gasteiger partial charge in [0.2, 0.25) is 0 Å². The molecular weight excluding hydrogens is 236 g/mol. The Balaban J connectivity index is 2.31. The molecular formula is C16H34N2O. The summed E-state index contributed by atoms with van der Waals surface area (Å²) in [7, 11) is 2.22. The number of rotatable bonds is 8. The number of nitrogens with zero attached hydrogens (tertiary/aromatic N) is 1. The van der Waals surface area contributed by atoms with Crippen molar-refractivity contribution >= 4 is 0 Å². The number of nitrogens with two attached hydrogens (primary N) is 1. The van der Waals surface area contributed by atoms with Gasteiger partial charge in [-0.1, -0.05) is 33.6 Å². The summed E-state index contributed by atoms with van der Waals surface area (Å²) in [6.45, 7) is 10.3. The van der Waals surface area contributed by atoms with Gasteiger partial charge in [-0.25, -0.2) is 0 Å². The zero-order valence-electron chi connectivity index (χ0n) is 13.5. The van der Waals surface area contributed by atoms with Gasteiger partial charge < -0.3 is 10.5 Å². The summed E-state index contributed by atoms with van der Waals surface area (Å²) in [4.78, 5) is 2.46. The van der Waals surface area contributed by atoms with Crippen molar-refractivity contribution in [3.63, 3.8) is 0 Å². The molecule has 2 atom stereocenters. The number of hydrogen-bond donors (Lipinski definition) is 1. The lowest BCUT2D eigenvalue weighted by Gasteiger charge is -2.46. The van der Waals surface area contributed by atoms with Gasteiger partial charge in [-0.3, -0.25) is 4.90 Å². The SMILES string of the molecule is CC(C)CCOCCN(C)C1(CN)CCCC(C)C1. The minimum Gasteiger partial charge on any atom is -0.380 e. The van der Waals surface area contributed by atoms with E-state index in [0.717, 1.165) is 44.6 Å². The Hall–Kier alpha value is -0.120. The maximum Gasteiger partial charge on any atom is 0.0593 e. The third kappa shape index (κ3) is 5.41. The maximum absolute atomic E-state index is 6.09. The lowest BCUT2D eigenvalue weighted by molar-refractivity contribution is 0.0281. The molecule has 1 saturated carbocycles. The van der Waals surface area contributed by atoms with Gasteiger partial charge in [-0.15, -0.1) is 0 Å². The average molecular weight is 270 g/mol. The molecule has 1 rings (SSSR count). The molecule has 2 unspecified atom stereocenters. The summed E-state index contributed by atoms with van der Waals surface area (Å²) in [6.07, 6.45) is 6.32. The monoisotopic (exact) mass is 270 g/mol. The van der Waals surface area contributed by atoms with Crippen LogP contribution in [0.25, 0.3) is 0 Å². The van der Waals surface area contributed by atoms with Crippen molar-refractivity contribution in [2.75, 3.05) is 33.4 Å². The van der Waals surface area contributed by atoms with E-state index < -0.39 is 0 Å². The van der Waals surface area contributed by atoms with Gasteiger partial charge in [0.25, 0.3) is 0 Å². The molecule has 0 aromatic rings. The first kappa shape index (κ1) is 16.9. The summed E-state index contributed by atoms with van der Waals surface area (Å²) < 4.78 is 5.74. The zero-order valence-corrected chi connectivity index (χ0v) is 13.5. The highest BCUT2D eigenvalue weighted by atomic mass is 16.5. The minimum absolute atomic E-state index is 0.221. The molecule has 2 N–H and O–H groups in total. The number of likely N-dealkylation sites (N-methyl/N-ethyl adjacent to an activating group) is 1. The second-order valence-electron chi connectivity index (χ2n) is 6.85. The van der Waals surface area contributed by atoms with E-state index in [1.54, 1.807) is 0 Å². The van der Waals surface area contributed by atoms with Crippen molar-refractivity contribution in [1.82, 2.24) is 4.90 Å². The Morgan fingerprint density at radius 1 is 1.37 bits per heavy atom. The van der Waals surface area contributed by atoms with Crippen molar-refractivity contribution in [3.05, 3.63) is 0 Å². The average Bonchev–Trinajstić information content (AvgIpc) is 2.37. The van der Waals surface area contributed by atoms with Crippen LogP contribution in [-0.4, -0.2) is 43.8 Å². The molecule has 3 nitrogen and oxygen atoms in total. The first-order valence-electron chi connectivity index (χ1n) is 7.99. The molecule has 0 radical (unpaired) electrons. The molecule has 1 aliphatic rings. The van der Waals surface area contributed by atoms with Gasteiger partial charge in [-0.05, 0) is 38.1 Å². The van der Waals surface area contributed by atoms with E-state index in [-0.39, 0.29) is 5.54 Å². The zero-order chi connectivity index (χ0) is 14.3. The smallest absolute Gasteiger partial charge is 0.0593 e. The second-order valence-corrected chi connectivity index (χ2v) is 6.85. The number of hydrogen-bond acceptors (Lipinski definition) is 3. The van der Waals surface area contributed by atoms with Crippen LogP contribution in [-0.2, 0) is 4.74 Å². The van der Waals surface area contributed by atoms with Crippen molar-refractivity contribution < 1.29 is 4.74 Å². The predicted octanol–water partition coefficient (Wildman–Crippen LogP) is 2.89. The largest absolute Gasteiger partial charge is 0.380 e. The number of ether oxygens (including phenoxy) is 1. The third-order valence-electron chi connectivity index (χ3n) is 4.67. The van der Waals surface area contributed by atoms with Crippen molar-refractivity contribution in [2.45, 2.75) is 58.4 Å². The topological polar surface area (TPSA) is 38.5 Å². The first-order chi connectivity index (χ1) is 9.00. The molecule has 0 aliphatic heterocycles. The Kier molecular flexibility index (Phi) is 7.33. The highest BCUT2D eigenvalue weighted by Gasteiger charge is 2.36. The maximum atomic E-state index is 6.09. The van der Waals surface area contributed by atoms with E-state index in [4.69, 9.17) is 10.5 Å². The lowest BCUT2D eigenvalue weighted by atomic mass is 9.75. The van der Waals surface area contributed by atoms with Gasteiger partial charge in [-0.2, -0.15) is 0 Å². The third-order valence-corrected chi connectivity index (χ3v) is 4.67. The standard InChI is InChI=1S/C16H34N2O/c1-14(2)7-10-19-11-9-18(4)16(13-17)8-5-6-15(3)12-16/h14-15H,5-13,17H2,1-4H3. The van der Waals surface area contributed by atoms with Crippen molar-refractivity contribution in [2.24, 2.45) is 17.6 Å². The highest BCUT2D eigenvalue weighted by Crippen LogP contribution is 2.35. The van der Waals surface area contributed by atoms with E-state index in [1.165, 1.54) is 25.7 Å². The van der Waals surface area contributed by atoms with E-state index in [0.29, 0.717) is 0 Å². The molecule has 0 saturated heterocycles. The molecule has 0 amide bonds. The van der Waals surface area contributed by atoms with Crippen LogP contribution in [0.5, 0.6) is 0 Å². The normalized spacial score (nSPS) is 28.3. The van der Waals surface area contributed by atoms with Crippen molar-refractivity contribution in [1.29, 1.82) is 0 Å². The van der Waals surface area contributed by atoms with Crippen LogP contribution in [0.2, 0.25) is 0 Å². The van der Waals surface area contributed by atoms with Crippen LogP contribution in [0.4, 0.5) is 0 Å². The van der Waals surface area contributed by atoms with E-state index >= 15 is 0 Å². The molecule has 3 heteroatoms. The van der Waals surface area contributed by atoms with Crippen LogP contribution < -0.4 is 5.73 Å². The minimum atomic E-state index is 0.221. The second kappa shape index (κ2) is 8.23. The molecule has 19 heavy (non-hydrogen) atoms. The Morgan fingerprint density at radius 2 is 2.11 bits per heavy atom. The fourth-order valence-electron chi connectivity index (χ4n) is 3.18. The molecule has 114 valence electrons. The van der Waals surface area contributed by atoms with Gasteiger partial charge in [0, 0.05) is 25.2 Å². The summed E-state index contributed by atoms with van der Waals surface area (Å²) >= 11 is 0. The predicted molar refractivity (Wildman–Crippen MR) is 82.3 cm³/mol. The first-order valence-corrected chi connectivity index (χ1v) is 7.99. The summed E-state index contributed by atoms with van der Waals surface area (Å²) in [6, 6.07) is 0. The van der Waals surface area contributed by atoms with Crippen LogP contribution in [0.3, 0.4) is 0 Å². The Bertz CT molecular complexity index is 245. The van der Waals surface area contributed by atoms with Gasteiger partial charge in [0.1, 0.15) is 0 Å². The summed E-state index contributed by atoms with van der Waals surface area (Å²) in [5, 5.41) is 0. The van der Waals surface area contributed by atoms with Gasteiger partial charge in [0.15, 0.2) is 0 Å². The molecule has 0 bridgehead atoms. The molecule has 0 spiro atoms. The van der Waals surface area contributed by atoms with Gasteiger partial charge >= 0.3 is 0 Å². The fourth-order valence-corrected chi connectivity index (χ4v) is 3.18. The summed E-state index contributed by atoms with van der Waals surface area (Å²) in [5.41, 5.74) is 6.31. The molecule has 0 aromatic heterocycles. The van der Waals surface area contributed by atoms with Crippen LogP contribution in [0.15, 0.2) is 0 Å². The molecule has 1 fully saturated rings. The lowest BCUT2D eigenvalue weighted by Crippen LogP contribution is -2.55. The van der Waals surface area contributed by atoms with E-state index in [1.807, 2.05) is 0 Å². The van der Waals surface area contributed by atoms with Crippen LogP contribution in [0, 0.1) is 11.8 Å². The van der Waals surface area contributed by atoms with E-state index in [2.05, 4.69) is 32.7 Å². The van der Waals surface area contributed by atoms with Crippen LogP contribution >= 0.6 is 0 Å². The Morgan fingerprint density at radius 3 is 2.68 bits per heavy atom. The van der Waals surface area contributed by atoms with Crippen molar-refractivity contribution in [3.8, 4) is 0 Å². The highest BCUT2D eigenvalue weighted by molar-refractivity contribution is 4.94. The summed E-state index contributed by atoms with van der Waals surface area (Å²) in [5.74, 6) is 1.54. The fraction of sp³-hybridized carbons (Fsp3) is 1.00. The van der Waals surface area contributed by atoms with Gasteiger partial charge in [0.05, 0.1) is 6.61 Å². The molecule has 1 aliphatic carbocycles. The molecule has 0 aromatic carbocycles. The van der Waals surface area contributed by atoms with E-state index in [9.17, 15) is 0 Å². The Labute approximate surface area is 119 Å². The molecule has 0 heterocycles. The van der Waals surface area contributed by atoms with Crippen LogP contribution in [0.1, 0.15) is 52.9 Å².